The standard InChI is InChI=1S/C8H12O4/c1-4-5(7(9)11-2)6(4)8(10)12-3/h4-6H,1-3H3/t5-,6-/m0/s1. The molecule has 0 aromatic carbocycles. The van der Waals surface area contributed by atoms with Crippen LogP contribution < -0.4 is 0 Å². The fourth-order valence-corrected chi connectivity index (χ4v) is 1.46. The quantitative estimate of drug-likeness (QED) is 0.559. The van der Waals surface area contributed by atoms with Crippen LogP contribution in [-0.4, -0.2) is 26.2 Å². The van der Waals surface area contributed by atoms with Crippen LogP contribution in [0.5, 0.6) is 0 Å². The van der Waals surface area contributed by atoms with Gasteiger partial charge in [-0.25, -0.2) is 0 Å². The summed E-state index contributed by atoms with van der Waals surface area (Å²) >= 11 is 0. The highest BCUT2D eigenvalue weighted by molar-refractivity contribution is 5.88. The van der Waals surface area contributed by atoms with Crippen molar-refractivity contribution in [3.05, 3.63) is 0 Å². The van der Waals surface area contributed by atoms with Gasteiger partial charge >= 0.3 is 11.9 Å². The second kappa shape index (κ2) is 3.13. The van der Waals surface area contributed by atoms with Crippen LogP contribution in [0.2, 0.25) is 0 Å². The smallest absolute Gasteiger partial charge is 0.309 e. The van der Waals surface area contributed by atoms with Crippen molar-refractivity contribution in [3.8, 4) is 0 Å². The van der Waals surface area contributed by atoms with E-state index in [4.69, 9.17) is 0 Å². The summed E-state index contributed by atoms with van der Waals surface area (Å²) in [5.74, 6) is -1.16. The Labute approximate surface area is 70.8 Å². The maximum absolute atomic E-state index is 11.0. The van der Waals surface area contributed by atoms with E-state index in [1.807, 2.05) is 6.92 Å². The Kier molecular flexibility index (Phi) is 2.35. The second-order valence-electron chi connectivity index (χ2n) is 2.96. The molecule has 0 N–H and O–H groups in total. The molecule has 0 bridgehead atoms. The van der Waals surface area contributed by atoms with Gasteiger partial charge in [-0.05, 0) is 5.92 Å². The van der Waals surface area contributed by atoms with E-state index in [1.165, 1.54) is 14.2 Å². The predicted octanol–water partition coefficient (Wildman–Crippen LogP) is 0.214. The van der Waals surface area contributed by atoms with E-state index in [-0.39, 0.29) is 29.7 Å². The van der Waals surface area contributed by atoms with Crippen molar-refractivity contribution in [3.63, 3.8) is 0 Å². The van der Waals surface area contributed by atoms with E-state index in [9.17, 15) is 9.59 Å². The Morgan fingerprint density at radius 3 is 1.58 bits per heavy atom. The molecule has 0 aliphatic heterocycles. The lowest BCUT2D eigenvalue weighted by Gasteiger charge is -1.96. The molecule has 1 saturated carbocycles. The first-order chi connectivity index (χ1) is 5.63. The third-order valence-electron chi connectivity index (χ3n) is 2.33. The first-order valence-corrected chi connectivity index (χ1v) is 3.79. The van der Waals surface area contributed by atoms with E-state index in [0.717, 1.165) is 0 Å². The molecule has 0 saturated heterocycles. The molecule has 0 radical (unpaired) electrons. The molecule has 12 heavy (non-hydrogen) atoms. The van der Waals surface area contributed by atoms with Gasteiger partial charge in [0.15, 0.2) is 0 Å². The Morgan fingerprint density at radius 1 is 1.00 bits per heavy atom. The van der Waals surface area contributed by atoms with Crippen molar-refractivity contribution in [2.45, 2.75) is 6.92 Å². The SMILES string of the molecule is COC(=O)[C@H]1C(C)[C@@H]1C(=O)OC. The van der Waals surface area contributed by atoms with Gasteiger partial charge in [0, 0.05) is 0 Å². The fourth-order valence-electron chi connectivity index (χ4n) is 1.46. The van der Waals surface area contributed by atoms with Crippen molar-refractivity contribution in [2.75, 3.05) is 14.2 Å². The summed E-state index contributed by atoms with van der Waals surface area (Å²) < 4.78 is 9.05. The summed E-state index contributed by atoms with van der Waals surface area (Å²) in [5.41, 5.74) is 0. The van der Waals surface area contributed by atoms with Crippen LogP contribution in [0.25, 0.3) is 0 Å². The second-order valence-corrected chi connectivity index (χ2v) is 2.96. The maximum Gasteiger partial charge on any atom is 0.309 e. The van der Waals surface area contributed by atoms with Gasteiger partial charge < -0.3 is 9.47 Å². The maximum atomic E-state index is 11.0. The number of hydrogen-bond donors (Lipinski definition) is 0. The van der Waals surface area contributed by atoms with Gasteiger partial charge in [-0.2, -0.15) is 0 Å². The van der Waals surface area contributed by atoms with Gasteiger partial charge in [-0.1, -0.05) is 6.92 Å². The highest BCUT2D eigenvalue weighted by atomic mass is 16.5. The van der Waals surface area contributed by atoms with Crippen molar-refractivity contribution in [1.82, 2.24) is 0 Å². The predicted molar refractivity (Wildman–Crippen MR) is 40.2 cm³/mol. The molecule has 68 valence electrons. The highest BCUT2D eigenvalue weighted by Gasteiger charge is 2.57. The Hall–Kier alpha value is -1.06. The van der Waals surface area contributed by atoms with Crippen LogP contribution in [0.3, 0.4) is 0 Å². The molecule has 1 fully saturated rings. The molecule has 0 spiro atoms. The highest BCUT2D eigenvalue weighted by Crippen LogP contribution is 2.47. The minimum absolute atomic E-state index is 0.0601. The van der Waals surface area contributed by atoms with Crippen molar-refractivity contribution < 1.29 is 19.1 Å². The Morgan fingerprint density at radius 2 is 1.33 bits per heavy atom. The van der Waals surface area contributed by atoms with Gasteiger partial charge in [-0.15, -0.1) is 0 Å². The van der Waals surface area contributed by atoms with Gasteiger partial charge in [0.05, 0.1) is 26.1 Å². The van der Waals surface area contributed by atoms with Crippen LogP contribution in [0, 0.1) is 17.8 Å². The van der Waals surface area contributed by atoms with E-state index < -0.39 is 0 Å². The van der Waals surface area contributed by atoms with Gasteiger partial charge in [0.25, 0.3) is 0 Å². The topological polar surface area (TPSA) is 52.6 Å². The van der Waals surface area contributed by atoms with Gasteiger partial charge in [0.2, 0.25) is 0 Å². The molecule has 0 aromatic heterocycles. The molecule has 0 heterocycles. The number of rotatable bonds is 2. The zero-order valence-corrected chi connectivity index (χ0v) is 7.37. The van der Waals surface area contributed by atoms with Crippen molar-refractivity contribution >= 4 is 11.9 Å². The van der Waals surface area contributed by atoms with E-state index in [2.05, 4.69) is 9.47 Å². The van der Waals surface area contributed by atoms with Crippen LogP contribution in [-0.2, 0) is 19.1 Å². The number of methoxy groups -OCH3 is 2. The first-order valence-electron chi connectivity index (χ1n) is 3.79. The molecule has 4 heteroatoms. The number of esters is 2. The van der Waals surface area contributed by atoms with Crippen molar-refractivity contribution in [1.29, 1.82) is 0 Å². The molecular formula is C8H12O4. The summed E-state index contributed by atoms with van der Waals surface area (Å²) in [5, 5.41) is 0. The summed E-state index contributed by atoms with van der Waals surface area (Å²) in [6.07, 6.45) is 0. The average molecular weight is 172 g/mol. The van der Waals surface area contributed by atoms with Crippen LogP contribution in [0.4, 0.5) is 0 Å². The first kappa shape index (κ1) is 9.03. The lowest BCUT2D eigenvalue weighted by molar-refractivity contribution is -0.148. The lowest BCUT2D eigenvalue weighted by Crippen LogP contribution is -2.10. The zero-order valence-electron chi connectivity index (χ0n) is 7.37. The number of ether oxygens (including phenoxy) is 2. The molecule has 0 unspecified atom stereocenters. The van der Waals surface area contributed by atoms with Crippen LogP contribution >= 0.6 is 0 Å². The molecular weight excluding hydrogens is 160 g/mol. The number of carbonyl (C=O) groups excluding carboxylic acids is 2. The average Bonchev–Trinajstić information content (AvgIpc) is 2.74. The molecule has 2 atom stereocenters. The molecule has 1 rings (SSSR count). The van der Waals surface area contributed by atoms with Crippen LogP contribution in [0.15, 0.2) is 0 Å². The minimum Gasteiger partial charge on any atom is -0.469 e. The van der Waals surface area contributed by atoms with E-state index in [1.54, 1.807) is 0 Å². The minimum atomic E-state index is -0.321. The van der Waals surface area contributed by atoms with Gasteiger partial charge in [0.1, 0.15) is 0 Å². The van der Waals surface area contributed by atoms with Crippen molar-refractivity contribution in [2.24, 2.45) is 17.8 Å². The van der Waals surface area contributed by atoms with Gasteiger partial charge in [-0.3, -0.25) is 9.59 Å². The third kappa shape index (κ3) is 1.29. The third-order valence-corrected chi connectivity index (χ3v) is 2.33. The summed E-state index contributed by atoms with van der Waals surface area (Å²) in [6, 6.07) is 0. The normalized spacial score (nSPS) is 32.4. The fraction of sp³-hybridized carbons (Fsp3) is 0.750. The molecule has 4 nitrogen and oxygen atoms in total. The number of hydrogen-bond acceptors (Lipinski definition) is 4. The summed E-state index contributed by atoms with van der Waals surface area (Å²) in [4.78, 5) is 22.0. The summed E-state index contributed by atoms with van der Waals surface area (Å²) in [7, 11) is 2.64. The van der Waals surface area contributed by atoms with Crippen LogP contribution in [0.1, 0.15) is 6.92 Å². The number of carbonyl (C=O) groups is 2. The molecule has 0 aromatic rings. The van der Waals surface area contributed by atoms with E-state index in [0.29, 0.717) is 0 Å². The monoisotopic (exact) mass is 172 g/mol. The summed E-state index contributed by atoms with van der Waals surface area (Å²) in [6.45, 7) is 1.84. The van der Waals surface area contributed by atoms with E-state index >= 15 is 0 Å². The zero-order chi connectivity index (χ0) is 9.30. The Balaban J connectivity index is 2.53. The lowest BCUT2D eigenvalue weighted by atomic mass is 10.3. The molecule has 0 amide bonds. The largest absolute Gasteiger partial charge is 0.469 e. The Bertz CT molecular complexity index is 189. The molecule has 1 aliphatic rings. The molecule has 1 aliphatic carbocycles.